The van der Waals surface area contributed by atoms with Gasteiger partial charge >= 0.3 is 0 Å². The number of para-hydroxylation sites is 1. The first-order valence-electron chi connectivity index (χ1n) is 9.28. The van der Waals surface area contributed by atoms with Crippen LogP contribution in [0.4, 0.5) is 11.4 Å². The number of aryl methyl sites for hydroxylation is 1. The van der Waals surface area contributed by atoms with Crippen molar-refractivity contribution in [2.24, 2.45) is 0 Å². The van der Waals surface area contributed by atoms with E-state index in [0.717, 1.165) is 16.9 Å². The molecular weight excluding hydrogens is 338 g/mol. The SMILES string of the molecule is CC(C)c1ccccc1NCC(=O)Nc1cccc(CCC(=O)N(C)C)c1. The molecule has 0 spiro atoms. The van der Waals surface area contributed by atoms with E-state index in [2.05, 4.69) is 30.5 Å². The van der Waals surface area contributed by atoms with Crippen LogP contribution in [0.15, 0.2) is 48.5 Å². The van der Waals surface area contributed by atoms with E-state index in [1.54, 1.807) is 19.0 Å². The summed E-state index contributed by atoms with van der Waals surface area (Å²) in [4.78, 5) is 25.6. The van der Waals surface area contributed by atoms with Gasteiger partial charge in [-0.25, -0.2) is 0 Å². The molecule has 2 aromatic carbocycles. The maximum Gasteiger partial charge on any atom is 0.243 e. The van der Waals surface area contributed by atoms with Crippen molar-refractivity contribution in [3.05, 3.63) is 59.7 Å². The minimum atomic E-state index is -0.102. The predicted octanol–water partition coefficient (Wildman–Crippen LogP) is 3.88. The normalized spacial score (nSPS) is 10.6. The number of hydrogen-bond donors (Lipinski definition) is 2. The zero-order valence-corrected chi connectivity index (χ0v) is 16.6. The zero-order valence-electron chi connectivity index (χ0n) is 16.6. The molecule has 2 amide bonds. The van der Waals surface area contributed by atoms with Gasteiger partial charge in [0.2, 0.25) is 11.8 Å². The molecule has 5 nitrogen and oxygen atoms in total. The molecule has 0 radical (unpaired) electrons. The van der Waals surface area contributed by atoms with Crippen molar-refractivity contribution in [2.75, 3.05) is 31.3 Å². The van der Waals surface area contributed by atoms with E-state index in [1.165, 1.54) is 5.56 Å². The van der Waals surface area contributed by atoms with E-state index in [1.807, 2.05) is 42.5 Å². The molecule has 0 aliphatic heterocycles. The fourth-order valence-electron chi connectivity index (χ4n) is 2.82. The smallest absolute Gasteiger partial charge is 0.243 e. The van der Waals surface area contributed by atoms with Crippen molar-refractivity contribution in [3.63, 3.8) is 0 Å². The summed E-state index contributed by atoms with van der Waals surface area (Å²) in [5.41, 5.74) is 3.95. The monoisotopic (exact) mass is 367 g/mol. The minimum absolute atomic E-state index is 0.0949. The van der Waals surface area contributed by atoms with Gasteiger partial charge < -0.3 is 15.5 Å². The number of anilines is 2. The van der Waals surface area contributed by atoms with Crippen molar-refractivity contribution >= 4 is 23.2 Å². The molecule has 27 heavy (non-hydrogen) atoms. The zero-order chi connectivity index (χ0) is 19.8. The lowest BCUT2D eigenvalue weighted by molar-refractivity contribution is -0.128. The minimum Gasteiger partial charge on any atom is -0.376 e. The number of carbonyl (C=O) groups is 2. The Bertz CT molecular complexity index is 785. The maximum absolute atomic E-state index is 12.3. The van der Waals surface area contributed by atoms with E-state index in [4.69, 9.17) is 0 Å². The lowest BCUT2D eigenvalue weighted by atomic mass is 10.0. The molecule has 0 aliphatic carbocycles. The number of nitrogens with zero attached hydrogens (tertiary/aromatic N) is 1. The van der Waals surface area contributed by atoms with Gasteiger partial charge in [-0.2, -0.15) is 0 Å². The third-order valence-electron chi connectivity index (χ3n) is 4.36. The number of nitrogens with one attached hydrogen (secondary N) is 2. The highest BCUT2D eigenvalue weighted by molar-refractivity contribution is 5.94. The Morgan fingerprint density at radius 1 is 1.04 bits per heavy atom. The van der Waals surface area contributed by atoms with Crippen LogP contribution in [0, 0.1) is 0 Å². The highest BCUT2D eigenvalue weighted by atomic mass is 16.2. The summed E-state index contributed by atoms with van der Waals surface area (Å²) in [6, 6.07) is 15.7. The van der Waals surface area contributed by atoms with Crippen LogP contribution in [0.25, 0.3) is 0 Å². The van der Waals surface area contributed by atoms with Crippen LogP contribution in [0.2, 0.25) is 0 Å². The quantitative estimate of drug-likeness (QED) is 0.744. The fraction of sp³-hybridized carbons (Fsp3) is 0.364. The first-order valence-corrected chi connectivity index (χ1v) is 9.28. The summed E-state index contributed by atoms with van der Waals surface area (Å²) in [5.74, 6) is 0.380. The van der Waals surface area contributed by atoms with E-state index in [0.29, 0.717) is 18.8 Å². The second-order valence-electron chi connectivity index (χ2n) is 7.13. The van der Waals surface area contributed by atoms with Crippen molar-refractivity contribution in [1.29, 1.82) is 0 Å². The third kappa shape index (κ3) is 6.44. The van der Waals surface area contributed by atoms with Gasteiger partial charge in [-0.1, -0.05) is 44.2 Å². The third-order valence-corrected chi connectivity index (χ3v) is 4.36. The highest BCUT2D eigenvalue weighted by Gasteiger charge is 2.09. The summed E-state index contributed by atoms with van der Waals surface area (Å²) in [7, 11) is 3.51. The Hall–Kier alpha value is -2.82. The van der Waals surface area contributed by atoms with Crippen LogP contribution >= 0.6 is 0 Å². The molecule has 0 aromatic heterocycles. The van der Waals surface area contributed by atoms with Crippen molar-refractivity contribution in [2.45, 2.75) is 32.6 Å². The Morgan fingerprint density at radius 2 is 1.78 bits per heavy atom. The Labute approximate surface area is 161 Å². The fourth-order valence-corrected chi connectivity index (χ4v) is 2.82. The number of amides is 2. The molecule has 0 bridgehead atoms. The molecule has 0 saturated carbocycles. The second kappa shape index (κ2) is 9.76. The Kier molecular flexibility index (Phi) is 7.41. The van der Waals surface area contributed by atoms with Crippen LogP contribution in [-0.4, -0.2) is 37.4 Å². The first-order chi connectivity index (χ1) is 12.9. The van der Waals surface area contributed by atoms with Crippen LogP contribution in [0.5, 0.6) is 0 Å². The molecule has 0 saturated heterocycles. The molecule has 0 fully saturated rings. The van der Waals surface area contributed by atoms with Crippen molar-refractivity contribution < 1.29 is 9.59 Å². The van der Waals surface area contributed by atoms with Gasteiger partial charge in [-0.05, 0) is 41.7 Å². The Balaban J connectivity index is 1.91. The van der Waals surface area contributed by atoms with Crippen LogP contribution in [0.3, 0.4) is 0 Å². The van der Waals surface area contributed by atoms with Gasteiger partial charge in [0.1, 0.15) is 0 Å². The van der Waals surface area contributed by atoms with E-state index >= 15 is 0 Å². The summed E-state index contributed by atoms with van der Waals surface area (Å²) in [5, 5.41) is 6.13. The molecule has 0 aliphatic rings. The number of hydrogen-bond acceptors (Lipinski definition) is 3. The number of rotatable bonds is 8. The van der Waals surface area contributed by atoms with Gasteiger partial charge in [0.15, 0.2) is 0 Å². The largest absolute Gasteiger partial charge is 0.376 e. The molecule has 0 unspecified atom stereocenters. The lowest BCUT2D eigenvalue weighted by Crippen LogP contribution is -2.22. The molecule has 2 N–H and O–H groups in total. The molecule has 2 aromatic rings. The summed E-state index contributed by atoms with van der Waals surface area (Å²) in [6.45, 7) is 4.47. The standard InChI is InChI=1S/C22H29N3O2/c1-16(2)19-10-5-6-11-20(19)23-15-21(26)24-18-9-7-8-17(14-18)12-13-22(27)25(3)4/h5-11,14,16,23H,12-13,15H2,1-4H3,(H,24,26). The van der Waals surface area contributed by atoms with Crippen LogP contribution in [0.1, 0.15) is 37.3 Å². The average molecular weight is 367 g/mol. The Morgan fingerprint density at radius 3 is 2.48 bits per heavy atom. The maximum atomic E-state index is 12.3. The summed E-state index contributed by atoms with van der Waals surface area (Å²) in [6.07, 6.45) is 1.11. The average Bonchev–Trinajstić information content (AvgIpc) is 2.64. The van der Waals surface area contributed by atoms with Crippen LogP contribution in [-0.2, 0) is 16.0 Å². The van der Waals surface area contributed by atoms with E-state index < -0.39 is 0 Å². The first kappa shape index (κ1) is 20.5. The van der Waals surface area contributed by atoms with Gasteiger partial charge in [0.25, 0.3) is 0 Å². The van der Waals surface area contributed by atoms with E-state index in [9.17, 15) is 9.59 Å². The second-order valence-corrected chi connectivity index (χ2v) is 7.13. The van der Waals surface area contributed by atoms with E-state index in [-0.39, 0.29) is 18.4 Å². The lowest BCUT2D eigenvalue weighted by Gasteiger charge is -2.14. The summed E-state index contributed by atoms with van der Waals surface area (Å²) >= 11 is 0. The van der Waals surface area contributed by atoms with Crippen LogP contribution < -0.4 is 10.6 Å². The topological polar surface area (TPSA) is 61.4 Å². The molecule has 5 heteroatoms. The molecule has 2 rings (SSSR count). The predicted molar refractivity (Wildman–Crippen MR) is 111 cm³/mol. The van der Waals surface area contributed by atoms with Crippen molar-refractivity contribution in [3.8, 4) is 0 Å². The van der Waals surface area contributed by atoms with Gasteiger partial charge in [-0.3, -0.25) is 9.59 Å². The summed E-state index contributed by atoms with van der Waals surface area (Å²) < 4.78 is 0. The molecular formula is C22H29N3O2. The van der Waals surface area contributed by atoms with Crippen molar-refractivity contribution in [1.82, 2.24) is 4.90 Å². The molecule has 0 heterocycles. The molecule has 144 valence electrons. The number of carbonyl (C=O) groups excluding carboxylic acids is 2. The molecule has 0 atom stereocenters. The highest BCUT2D eigenvalue weighted by Crippen LogP contribution is 2.23. The number of benzene rings is 2. The van der Waals surface area contributed by atoms with Gasteiger partial charge in [0, 0.05) is 31.9 Å². The van der Waals surface area contributed by atoms with Gasteiger partial charge in [0.05, 0.1) is 6.54 Å². The van der Waals surface area contributed by atoms with Gasteiger partial charge in [-0.15, -0.1) is 0 Å².